The van der Waals surface area contributed by atoms with E-state index in [-0.39, 0.29) is 17.8 Å². The van der Waals surface area contributed by atoms with Gasteiger partial charge in [-0.2, -0.15) is 0 Å². The molecular formula is C20H23NO4. The Kier molecular flexibility index (Phi) is 5.43. The minimum absolute atomic E-state index is 0.0844. The predicted octanol–water partition coefficient (Wildman–Crippen LogP) is 3.01. The summed E-state index contributed by atoms with van der Waals surface area (Å²) in [5.74, 6) is 1.75. The van der Waals surface area contributed by atoms with Gasteiger partial charge in [0.25, 0.3) is 0 Å². The van der Waals surface area contributed by atoms with Crippen molar-refractivity contribution >= 4 is 5.91 Å². The van der Waals surface area contributed by atoms with Gasteiger partial charge in [-0.05, 0) is 29.8 Å². The number of benzene rings is 2. The summed E-state index contributed by atoms with van der Waals surface area (Å²) in [5, 5.41) is 9.50. The quantitative estimate of drug-likeness (QED) is 0.908. The smallest absolute Gasteiger partial charge is 0.226 e. The van der Waals surface area contributed by atoms with Crippen molar-refractivity contribution in [1.82, 2.24) is 4.90 Å². The van der Waals surface area contributed by atoms with E-state index in [1.807, 2.05) is 35.2 Å². The van der Waals surface area contributed by atoms with E-state index in [2.05, 4.69) is 0 Å². The SMILES string of the molecule is COc1ccccc1OC1CCN(C(=O)Cc2cccc(O)c2)CC1. The van der Waals surface area contributed by atoms with Crippen LogP contribution in [0.15, 0.2) is 48.5 Å². The van der Waals surface area contributed by atoms with Gasteiger partial charge in [0.15, 0.2) is 11.5 Å². The molecule has 0 radical (unpaired) electrons. The van der Waals surface area contributed by atoms with Gasteiger partial charge in [0, 0.05) is 25.9 Å². The van der Waals surface area contributed by atoms with Crippen LogP contribution < -0.4 is 9.47 Å². The molecule has 0 bridgehead atoms. The number of phenolic OH excluding ortho intramolecular Hbond substituents is 1. The normalized spacial score (nSPS) is 15.0. The summed E-state index contributed by atoms with van der Waals surface area (Å²) >= 11 is 0. The Balaban J connectivity index is 1.52. The van der Waals surface area contributed by atoms with Crippen LogP contribution in [0.3, 0.4) is 0 Å². The lowest BCUT2D eigenvalue weighted by atomic mass is 10.1. The monoisotopic (exact) mass is 341 g/mol. The highest BCUT2D eigenvalue weighted by Crippen LogP contribution is 2.29. The van der Waals surface area contributed by atoms with Gasteiger partial charge in [0.2, 0.25) is 5.91 Å². The number of hydrogen-bond acceptors (Lipinski definition) is 4. The van der Waals surface area contributed by atoms with Crippen LogP contribution in [0.4, 0.5) is 0 Å². The molecule has 0 unspecified atom stereocenters. The van der Waals surface area contributed by atoms with E-state index in [4.69, 9.17) is 9.47 Å². The van der Waals surface area contributed by atoms with E-state index in [0.29, 0.717) is 19.5 Å². The predicted molar refractivity (Wildman–Crippen MR) is 95.0 cm³/mol. The van der Waals surface area contributed by atoms with Crippen LogP contribution in [0.5, 0.6) is 17.2 Å². The lowest BCUT2D eigenvalue weighted by Gasteiger charge is -2.32. The van der Waals surface area contributed by atoms with Gasteiger partial charge in [0.1, 0.15) is 11.9 Å². The summed E-state index contributed by atoms with van der Waals surface area (Å²) in [6, 6.07) is 14.5. The highest BCUT2D eigenvalue weighted by Gasteiger charge is 2.24. The first-order valence-electron chi connectivity index (χ1n) is 8.51. The molecule has 0 spiro atoms. The molecule has 0 aliphatic carbocycles. The van der Waals surface area contributed by atoms with E-state index in [1.54, 1.807) is 25.3 Å². The van der Waals surface area contributed by atoms with Crippen molar-refractivity contribution in [1.29, 1.82) is 0 Å². The molecule has 0 atom stereocenters. The molecule has 5 heteroatoms. The highest BCUT2D eigenvalue weighted by molar-refractivity contribution is 5.79. The van der Waals surface area contributed by atoms with E-state index >= 15 is 0 Å². The second-order valence-electron chi connectivity index (χ2n) is 6.20. The average Bonchev–Trinajstić information content (AvgIpc) is 2.63. The molecule has 3 rings (SSSR count). The van der Waals surface area contributed by atoms with Crippen molar-refractivity contribution in [3.63, 3.8) is 0 Å². The minimum atomic E-state index is 0.0844. The van der Waals surface area contributed by atoms with Crippen molar-refractivity contribution in [3.8, 4) is 17.2 Å². The van der Waals surface area contributed by atoms with Crippen molar-refractivity contribution in [2.24, 2.45) is 0 Å². The zero-order chi connectivity index (χ0) is 17.6. The summed E-state index contributed by atoms with van der Waals surface area (Å²) in [7, 11) is 1.63. The number of likely N-dealkylation sites (tertiary alicyclic amines) is 1. The molecule has 132 valence electrons. The van der Waals surface area contributed by atoms with Gasteiger partial charge in [-0.3, -0.25) is 4.79 Å². The number of carbonyl (C=O) groups excluding carboxylic acids is 1. The van der Waals surface area contributed by atoms with E-state index in [9.17, 15) is 9.90 Å². The minimum Gasteiger partial charge on any atom is -0.508 e. The number of para-hydroxylation sites is 2. The highest BCUT2D eigenvalue weighted by atomic mass is 16.5. The van der Waals surface area contributed by atoms with Gasteiger partial charge >= 0.3 is 0 Å². The first-order chi connectivity index (χ1) is 12.2. The van der Waals surface area contributed by atoms with Gasteiger partial charge < -0.3 is 19.5 Å². The average molecular weight is 341 g/mol. The van der Waals surface area contributed by atoms with Gasteiger partial charge in [-0.25, -0.2) is 0 Å². The number of phenols is 1. The molecule has 1 fully saturated rings. The Morgan fingerprint density at radius 1 is 1.12 bits per heavy atom. The summed E-state index contributed by atoms with van der Waals surface area (Å²) in [6.07, 6.45) is 1.99. The number of piperidine rings is 1. The van der Waals surface area contributed by atoms with Crippen molar-refractivity contribution in [3.05, 3.63) is 54.1 Å². The van der Waals surface area contributed by atoms with Crippen LogP contribution in [0.25, 0.3) is 0 Å². The van der Waals surface area contributed by atoms with Crippen LogP contribution in [-0.2, 0) is 11.2 Å². The third-order valence-corrected chi connectivity index (χ3v) is 4.42. The van der Waals surface area contributed by atoms with Gasteiger partial charge in [-0.15, -0.1) is 0 Å². The van der Waals surface area contributed by atoms with Crippen LogP contribution in [0, 0.1) is 0 Å². The Morgan fingerprint density at radius 2 is 1.84 bits per heavy atom. The topological polar surface area (TPSA) is 59.0 Å². The number of hydrogen-bond donors (Lipinski definition) is 1. The summed E-state index contributed by atoms with van der Waals surface area (Å²) in [5.41, 5.74) is 0.831. The fourth-order valence-corrected chi connectivity index (χ4v) is 3.07. The number of amides is 1. The molecule has 2 aromatic carbocycles. The molecule has 25 heavy (non-hydrogen) atoms. The number of methoxy groups -OCH3 is 1. The molecule has 1 N–H and O–H groups in total. The maximum Gasteiger partial charge on any atom is 0.226 e. The molecule has 1 aliphatic rings. The molecule has 1 amide bonds. The summed E-state index contributed by atoms with van der Waals surface area (Å²) in [4.78, 5) is 14.3. The number of rotatable bonds is 5. The van der Waals surface area contributed by atoms with E-state index in [0.717, 1.165) is 29.9 Å². The Hall–Kier alpha value is -2.69. The molecule has 5 nitrogen and oxygen atoms in total. The van der Waals surface area contributed by atoms with E-state index in [1.165, 1.54) is 0 Å². The lowest BCUT2D eigenvalue weighted by molar-refractivity contribution is -0.132. The van der Waals surface area contributed by atoms with Crippen molar-refractivity contribution in [2.45, 2.75) is 25.4 Å². The molecule has 1 aliphatic heterocycles. The number of carbonyl (C=O) groups is 1. The van der Waals surface area contributed by atoms with Crippen LogP contribution in [0.1, 0.15) is 18.4 Å². The summed E-state index contributed by atoms with van der Waals surface area (Å²) in [6.45, 7) is 1.36. The maximum absolute atomic E-state index is 12.4. The number of nitrogens with zero attached hydrogens (tertiary/aromatic N) is 1. The number of aromatic hydroxyl groups is 1. The van der Waals surface area contributed by atoms with Gasteiger partial charge in [-0.1, -0.05) is 24.3 Å². The Labute approximate surface area is 147 Å². The molecular weight excluding hydrogens is 318 g/mol. The fraction of sp³-hybridized carbons (Fsp3) is 0.350. The van der Waals surface area contributed by atoms with Gasteiger partial charge in [0.05, 0.1) is 13.5 Å². The Morgan fingerprint density at radius 3 is 2.52 bits per heavy atom. The van der Waals surface area contributed by atoms with Crippen LogP contribution >= 0.6 is 0 Å². The Bertz CT molecular complexity index is 723. The van der Waals surface area contributed by atoms with Crippen LogP contribution in [-0.4, -0.2) is 42.2 Å². The third-order valence-electron chi connectivity index (χ3n) is 4.42. The fourth-order valence-electron chi connectivity index (χ4n) is 3.07. The van der Waals surface area contributed by atoms with Crippen LogP contribution in [0.2, 0.25) is 0 Å². The van der Waals surface area contributed by atoms with Crippen molar-refractivity contribution in [2.75, 3.05) is 20.2 Å². The zero-order valence-electron chi connectivity index (χ0n) is 14.4. The first kappa shape index (κ1) is 17.1. The molecule has 0 saturated carbocycles. The summed E-state index contributed by atoms with van der Waals surface area (Å²) < 4.78 is 11.4. The largest absolute Gasteiger partial charge is 0.508 e. The zero-order valence-corrected chi connectivity index (χ0v) is 14.4. The number of ether oxygens (including phenoxy) is 2. The molecule has 1 heterocycles. The maximum atomic E-state index is 12.4. The second-order valence-corrected chi connectivity index (χ2v) is 6.20. The lowest BCUT2D eigenvalue weighted by Crippen LogP contribution is -2.42. The van der Waals surface area contributed by atoms with Crippen molar-refractivity contribution < 1.29 is 19.4 Å². The molecule has 2 aromatic rings. The molecule has 1 saturated heterocycles. The standard InChI is InChI=1S/C20H23NO4/c1-24-18-7-2-3-8-19(18)25-17-9-11-21(12-10-17)20(23)14-15-5-4-6-16(22)13-15/h2-8,13,17,22H,9-12,14H2,1H3. The second kappa shape index (κ2) is 7.92. The first-order valence-corrected chi connectivity index (χ1v) is 8.51. The third kappa shape index (κ3) is 4.44. The molecule has 0 aromatic heterocycles. The van der Waals surface area contributed by atoms with E-state index < -0.39 is 0 Å².